The molecule has 2 rings (SSSR count). The molecule has 0 amide bonds. The Morgan fingerprint density at radius 2 is 2.00 bits per heavy atom. The van der Waals surface area contributed by atoms with E-state index in [1.54, 1.807) is 0 Å². The van der Waals surface area contributed by atoms with Crippen molar-refractivity contribution < 1.29 is 0 Å². The zero-order valence-electron chi connectivity index (χ0n) is 12.1. The van der Waals surface area contributed by atoms with E-state index in [0.717, 1.165) is 25.6 Å². The zero-order valence-corrected chi connectivity index (χ0v) is 12.1. The second-order valence-electron chi connectivity index (χ2n) is 6.15. The normalized spacial score (nSPS) is 16.9. The van der Waals surface area contributed by atoms with Gasteiger partial charge in [-0.2, -0.15) is 0 Å². The molecule has 1 N–H and O–H groups in total. The smallest absolute Gasteiger partial charge is 0.0951 e. The van der Waals surface area contributed by atoms with Crippen molar-refractivity contribution in [2.75, 3.05) is 13.1 Å². The van der Waals surface area contributed by atoms with Crippen molar-refractivity contribution in [1.82, 2.24) is 14.9 Å². The summed E-state index contributed by atoms with van der Waals surface area (Å²) >= 11 is 0. The third-order valence-electron chi connectivity index (χ3n) is 3.66. The molecule has 1 aromatic rings. The molecule has 1 aliphatic carbocycles. The fraction of sp³-hybridized carbons (Fsp3) is 0.800. The third kappa shape index (κ3) is 3.58. The van der Waals surface area contributed by atoms with Gasteiger partial charge in [-0.05, 0) is 50.6 Å². The van der Waals surface area contributed by atoms with Crippen molar-refractivity contribution in [2.45, 2.75) is 53.0 Å². The van der Waals surface area contributed by atoms with Gasteiger partial charge >= 0.3 is 0 Å². The maximum absolute atomic E-state index is 4.56. The van der Waals surface area contributed by atoms with Gasteiger partial charge in [0.15, 0.2) is 0 Å². The van der Waals surface area contributed by atoms with Crippen LogP contribution in [-0.2, 0) is 19.4 Å². The van der Waals surface area contributed by atoms with Crippen molar-refractivity contribution in [1.29, 1.82) is 0 Å². The largest absolute Gasteiger partial charge is 0.334 e. The molecule has 3 heteroatoms. The highest BCUT2D eigenvalue weighted by Gasteiger charge is 2.16. The highest BCUT2D eigenvalue weighted by atomic mass is 15.1. The summed E-state index contributed by atoms with van der Waals surface area (Å²) in [7, 11) is 0. The van der Waals surface area contributed by atoms with E-state index < -0.39 is 0 Å². The van der Waals surface area contributed by atoms with E-state index in [1.165, 1.54) is 37.1 Å². The SMILES string of the molecule is CC(C)CNCC(C)Cn1cnc2c1CCCC2. The lowest BCUT2D eigenvalue weighted by molar-refractivity contribution is 0.419. The first-order valence-corrected chi connectivity index (χ1v) is 7.40. The van der Waals surface area contributed by atoms with Crippen molar-refractivity contribution >= 4 is 0 Å². The first-order valence-electron chi connectivity index (χ1n) is 7.40. The fourth-order valence-electron chi connectivity index (χ4n) is 2.71. The minimum Gasteiger partial charge on any atom is -0.334 e. The van der Waals surface area contributed by atoms with Gasteiger partial charge in [-0.1, -0.05) is 20.8 Å². The molecule has 18 heavy (non-hydrogen) atoms. The van der Waals surface area contributed by atoms with Crippen LogP contribution in [0.4, 0.5) is 0 Å². The second kappa shape index (κ2) is 6.37. The summed E-state index contributed by atoms with van der Waals surface area (Å²) < 4.78 is 2.39. The van der Waals surface area contributed by atoms with Gasteiger partial charge in [0.05, 0.1) is 12.0 Å². The van der Waals surface area contributed by atoms with Crippen molar-refractivity contribution in [3.8, 4) is 0 Å². The first-order chi connectivity index (χ1) is 8.66. The highest BCUT2D eigenvalue weighted by Crippen LogP contribution is 2.20. The number of aryl methyl sites for hydroxylation is 1. The molecule has 0 fully saturated rings. The monoisotopic (exact) mass is 249 g/mol. The van der Waals surface area contributed by atoms with Crippen LogP contribution in [0.3, 0.4) is 0 Å². The predicted molar refractivity (Wildman–Crippen MR) is 75.7 cm³/mol. The number of fused-ring (bicyclic) bond motifs is 1. The fourth-order valence-corrected chi connectivity index (χ4v) is 2.71. The van der Waals surface area contributed by atoms with Crippen LogP contribution in [0, 0.1) is 11.8 Å². The minimum absolute atomic E-state index is 0.670. The number of nitrogens with one attached hydrogen (secondary N) is 1. The quantitative estimate of drug-likeness (QED) is 0.840. The van der Waals surface area contributed by atoms with Crippen LogP contribution in [0.5, 0.6) is 0 Å². The molecular formula is C15H27N3. The number of nitrogens with zero attached hydrogens (tertiary/aromatic N) is 2. The van der Waals surface area contributed by atoms with Crippen LogP contribution in [0.2, 0.25) is 0 Å². The number of hydrogen-bond donors (Lipinski definition) is 1. The van der Waals surface area contributed by atoms with Crippen LogP contribution in [-0.4, -0.2) is 22.6 Å². The van der Waals surface area contributed by atoms with E-state index >= 15 is 0 Å². The van der Waals surface area contributed by atoms with E-state index in [2.05, 4.69) is 42.0 Å². The van der Waals surface area contributed by atoms with Gasteiger partial charge in [-0.25, -0.2) is 4.98 Å². The Morgan fingerprint density at radius 3 is 2.78 bits per heavy atom. The summed E-state index contributed by atoms with van der Waals surface area (Å²) in [5.41, 5.74) is 2.85. The molecule has 0 bridgehead atoms. The molecule has 0 saturated heterocycles. The molecule has 3 nitrogen and oxygen atoms in total. The molecule has 1 unspecified atom stereocenters. The van der Waals surface area contributed by atoms with Gasteiger partial charge in [0.2, 0.25) is 0 Å². The van der Waals surface area contributed by atoms with Gasteiger partial charge in [-0.3, -0.25) is 0 Å². The number of rotatable bonds is 6. The van der Waals surface area contributed by atoms with Crippen LogP contribution in [0.25, 0.3) is 0 Å². The van der Waals surface area contributed by atoms with E-state index in [1.807, 2.05) is 0 Å². The average Bonchev–Trinajstić information content (AvgIpc) is 2.72. The highest BCUT2D eigenvalue weighted by molar-refractivity contribution is 5.16. The lowest BCUT2D eigenvalue weighted by atomic mass is 10.0. The predicted octanol–water partition coefficient (Wildman–Crippen LogP) is 2.64. The molecule has 0 aromatic carbocycles. The van der Waals surface area contributed by atoms with Gasteiger partial charge < -0.3 is 9.88 Å². The van der Waals surface area contributed by atoms with E-state index in [4.69, 9.17) is 0 Å². The topological polar surface area (TPSA) is 29.9 Å². The molecule has 0 aliphatic heterocycles. The van der Waals surface area contributed by atoms with Crippen LogP contribution < -0.4 is 5.32 Å². The summed E-state index contributed by atoms with van der Waals surface area (Å²) in [6, 6.07) is 0. The first kappa shape index (κ1) is 13.6. The molecule has 0 saturated carbocycles. The molecule has 1 heterocycles. The summed E-state index contributed by atoms with van der Waals surface area (Å²) in [4.78, 5) is 4.56. The standard InChI is InChI=1S/C15H27N3/c1-12(2)8-16-9-13(3)10-18-11-17-14-6-4-5-7-15(14)18/h11-13,16H,4-10H2,1-3H3. The molecule has 1 aliphatic rings. The number of imidazole rings is 1. The molecule has 1 atom stereocenters. The molecule has 102 valence electrons. The molecular weight excluding hydrogens is 222 g/mol. The summed E-state index contributed by atoms with van der Waals surface area (Å²) in [6.07, 6.45) is 7.10. The van der Waals surface area contributed by atoms with Crippen LogP contribution in [0.1, 0.15) is 45.0 Å². The third-order valence-corrected chi connectivity index (χ3v) is 3.66. The van der Waals surface area contributed by atoms with Crippen LogP contribution >= 0.6 is 0 Å². The van der Waals surface area contributed by atoms with Crippen LogP contribution in [0.15, 0.2) is 6.33 Å². The lowest BCUT2D eigenvalue weighted by Gasteiger charge is -2.18. The Morgan fingerprint density at radius 1 is 1.22 bits per heavy atom. The Bertz CT molecular complexity index is 368. The summed E-state index contributed by atoms with van der Waals surface area (Å²) in [6.45, 7) is 10.2. The molecule has 1 aromatic heterocycles. The maximum atomic E-state index is 4.56. The average molecular weight is 249 g/mol. The Kier molecular flexibility index (Phi) is 4.81. The van der Waals surface area contributed by atoms with E-state index in [9.17, 15) is 0 Å². The van der Waals surface area contributed by atoms with Gasteiger partial charge in [-0.15, -0.1) is 0 Å². The summed E-state index contributed by atoms with van der Waals surface area (Å²) in [5.74, 6) is 1.40. The molecule has 0 radical (unpaired) electrons. The van der Waals surface area contributed by atoms with Crippen molar-refractivity contribution in [3.63, 3.8) is 0 Å². The Labute approximate surface area is 111 Å². The van der Waals surface area contributed by atoms with E-state index in [-0.39, 0.29) is 0 Å². The number of hydrogen-bond acceptors (Lipinski definition) is 2. The van der Waals surface area contributed by atoms with Crippen molar-refractivity contribution in [3.05, 3.63) is 17.7 Å². The number of aromatic nitrogens is 2. The lowest BCUT2D eigenvalue weighted by Crippen LogP contribution is -2.27. The van der Waals surface area contributed by atoms with E-state index in [0.29, 0.717) is 5.92 Å². The van der Waals surface area contributed by atoms with Gasteiger partial charge in [0.25, 0.3) is 0 Å². The Balaban J connectivity index is 1.83. The molecule has 0 spiro atoms. The minimum atomic E-state index is 0.670. The van der Waals surface area contributed by atoms with Gasteiger partial charge in [0, 0.05) is 12.2 Å². The summed E-state index contributed by atoms with van der Waals surface area (Å²) in [5, 5.41) is 3.54. The zero-order chi connectivity index (χ0) is 13.0. The maximum Gasteiger partial charge on any atom is 0.0951 e. The second-order valence-corrected chi connectivity index (χ2v) is 6.15. The van der Waals surface area contributed by atoms with Crippen molar-refractivity contribution in [2.24, 2.45) is 11.8 Å². The van der Waals surface area contributed by atoms with Gasteiger partial charge in [0.1, 0.15) is 0 Å². The Hall–Kier alpha value is -0.830.